The number of aliphatic hydroxyl groups is 1. The van der Waals surface area contributed by atoms with Crippen LogP contribution in [0.25, 0.3) is 0 Å². The highest BCUT2D eigenvalue weighted by molar-refractivity contribution is 5.34. The van der Waals surface area contributed by atoms with Crippen LogP contribution in [0.15, 0.2) is 18.2 Å². The first-order valence-electron chi connectivity index (χ1n) is 7.22. The Bertz CT molecular complexity index is 402. The zero-order chi connectivity index (χ0) is 13.7. The molecule has 0 amide bonds. The molecule has 106 valence electrons. The number of hydrogen-bond donors (Lipinski definition) is 2. The number of aromatic nitrogens is 1. The van der Waals surface area contributed by atoms with Crippen LogP contribution in [0.4, 0.5) is 5.82 Å². The van der Waals surface area contributed by atoms with Crippen molar-refractivity contribution in [2.45, 2.75) is 44.8 Å². The molecule has 0 spiro atoms. The third-order valence-corrected chi connectivity index (χ3v) is 3.70. The monoisotopic (exact) mass is 263 g/mol. The predicted molar refractivity (Wildman–Crippen MR) is 78.2 cm³/mol. The van der Waals surface area contributed by atoms with Gasteiger partial charge < -0.3 is 10.4 Å². The van der Waals surface area contributed by atoms with Crippen molar-refractivity contribution >= 4 is 5.82 Å². The second-order valence-corrected chi connectivity index (χ2v) is 5.65. The number of anilines is 1. The van der Waals surface area contributed by atoms with Gasteiger partial charge in [-0.3, -0.25) is 4.90 Å². The largest absolute Gasteiger partial charge is 0.389 e. The van der Waals surface area contributed by atoms with E-state index in [4.69, 9.17) is 0 Å². The van der Waals surface area contributed by atoms with Gasteiger partial charge in [0.2, 0.25) is 0 Å². The van der Waals surface area contributed by atoms with Gasteiger partial charge in [0.15, 0.2) is 0 Å². The predicted octanol–water partition coefficient (Wildman–Crippen LogP) is 2.25. The molecule has 0 aromatic carbocycles. The van der Waals surface area contributed by atoms with Gasteiger partial charge in [0.25, 0.3) is 0 Å². The normalized spacial score (nSPS) is 17.9. The summed E-state index contributed by atoms with van der Waals surface area (Å²) < 4.78 is 0. The molecule has 1 fully saturated rings. The summed E-state index contributed by atoms with van der Waals surface area (Å²) in [7, 11) is 2.05. The van der Waals surface area contributed by atoms with E-state index < -0.39 is 5.60 Å². The van der Waals surface area contributed by atoms with Crippen LogP contribution in [-0.4, -0.2) is 40.7 Å². The average molecular weight is 263 g/mol. The zero-order valence-corrected chi connectivity index (χ0v) is 12.0. The van der Waals surface area contributed by atoms with Gasteiger partial charge in [0.1, 0.15) is 5.82 Å². The summed E-state index contributed by atoms with van der Waals surface area (Å²) in [6.45, 7) is 4.46. The Kier molecular flexibility index (Phi) is 4.77. The highest BCUT2D eigenvalue weighted by atomic mass is 16.3. The molecule has 1 heterocycles. The van der Waals surface area contributed by atoms with Crippen molar-refractivity contribution in [3.05, 3.63) is 23.9 Å². The SMILES string of the molecule is CCNc1cccc(CN(C)CC2(O)CCCC2)n1. The Morgan fingerprint density at radius 3 is 2.79 bits per heavy atom. The summed E-state index contributed by atoms with van der Waals surface area (Å²) in [5.74, 6) is 0.924. The maximum atomic E-state index is 10.4. The number of likely N-dealkylation sites (N-methyl/N-ethyl adjacent to an activating group) is 1. The van der Waals surface area contributed by atoms with E-state index in [1.54, 1.807) is 0 Å². The Morgan fingerprint density at radius 1 is 1.37 bits per heavy atom. The molecule has 0 radical (unpaired) electrons. The van der Waals surface area contributed by atoms with Crippen molar-refractivity contribution in [3.8, 4) is 0 Å². The van der Waals surface area contributed by atoms with Gasteiger partial charge in [-0.2, -0.15) is 0 Å². The molecule has 0 aliphatic heterocycles. The molecule has 1 aromatic heterocycles. The number of hydrogen-bond acceptors (Lipinski definition) is 4. The lowest BCUT2D eigenvalue weighted by Gasteiger charge is -2.28. The number of pyridine rings is 1. The standard InChI is InChI=1S/C15H25N3O/c1-3-16-14-8-6-7-13(17-14)11-18(2)12-15(19)9-4-5-10-15/h6-8,19H,3-5,9-12H2,1-2H3,(H,16,17). The lowest BCUT2D eigenvalue weighted by Crippen LogP contribution is -2.38. The molecule has 1 saturated carbocycles. The summed E-state index contributed by atoms with van der Waals surface area (Å²) in [5.41, 5.74) is 0.566. The van der Waals surface area contributed by atoms with Crippen LogP contribution >= 0.6 is 0 Å². The van der Waals surface area contributed by atoms with Gasteiger partial charge in [-0.15, -0.1) is 0 Å². The van der Waals surface area contributed by atoms with Crippen molar-refractivity contribution in [1.29, 1.82) is 0 Å². The topological polar surface area (TPSA) is 48.4 Å². The fourth-order valence-electron chi connectivity index (χ4n) is 2.87. The number of nitrogens with zero attached hydrogens (tertiary/aromatic N) is 2. The molecule has 2 rings (SSSR count). The van der Waals surface area contributed by atoms with E-state index in [-0.39, 0.29) is 0 Å². The quantitative estimate of drug-likeness (QED) is 0.826. The highest BCUT2D eigenvalue weighted by Crippen LogP contribution is 2.30. The van der Waals surface area contributed by atoms with Crippen molar-refractivity contribution in [2.24, 2.45) is 0 Å². The van der Waals surface area contributed by atoms with E-state index in [1.807, 2.05) is 18.2 Å². The molecule has 0 bridgehead atoms. The minimum Gasteiger partial charge on any atom is -0.389 e. The molecular weight excluding hydrogens is 238 g/mol. The molecule has 2 N–H and O–H groups in total. The fourth-order valence-corrected chi connectivity index (χ4v) is 2.87. The van der Waals surface area contributed by atoms with Crippen molar-refractivity contribution in [2.75, 3.05) is 25.5 Å². The fraction of sp³-hybridized carbons (Fsp3) is 0.667. The minimum atomic E-state index is -0.478. The molecule has 4 nitrogen and oxygen atoms in total. The van der Waals surface area contributed by atoms with Crippen LogP contribution in [0.2, 0.25) is 0 Å². The molecule has 0 unspecified atom stereocenters. The zero-order valence-electron chi connectivity index (χ0n) is 12.0. The third-order valence-electron chi connectivity index (χ3n) is 3.70. The maximum Gasteiger partial charge on any atom is 0.126 e. The first-order valence-corrected chi connectivity index (χ1v) is 7.22. The molecule has 19 heavy (non-hydrogen) atoms. The molecule has 0 atom stereocenters. The van der Waals surface area contributed by atoms with E-state index in [9.17, 15) is 5.11 Å². The smallest absolute Gasteiger partial charge is 0.126 e. The Labute approximate surface area is 115 Å². The van der Waals surface area contributed by atoms with Gasteiger partial charge in [0.05, 0.1) is 11.3 Å². The third kappa shape index (κ3) is 4.18. The summed E-state index contributed by atoms with van der Waals surface area (Å²) in [4.78, 5) is 6.74. The Hall–Kier alpha value is -1.13. The second kappa shape index (κ2) is 6.35. The first-order chi connectivity index (χ1) is 9.11. The van der Waals surface area contributed by atoms with Crippen molar-refractivity contribution in [1.82, 2.24) is 9.88 Å². The van der Waals surface area contributed by atoms with E-state index in [0.29, 0.717) is 0 Å². The first kappa shape index (κ1) is 14.3. The summed E-state index contributed by atoms with van der Waals surface area (Å²) in [6.07, 6.45) is 4.17. The van der Waals surface area contributed by atoms with Crippen LogP contribution in [-0.2, 0) is 6.54 Å². The van der Waals surface area contributed by atoms with Crippen molar-refractivity contribution in [3.63, 3.8) is 0 Å². The van der Waals surface area contributed by atoms with E-state index in [0.717, 1.165) is 56.8 Å². The van der Waals surface area contributed by atoms with Crippen LogP contribution < -0.4 is 5.32 Å². The lowest BCUT2D eigenvalue weighted by molar-refractivity contribution is 0.0143. The van der Waals surface area contributed by atoms with Gasteiger partial charge >= 0.3 is 0 Å². The van der Waals surface area contributed by atoms with Gasteiger partial charge in [-0.05, 0) is 38.9 Å². The van der Waals surface area contributed by atoms with E-state index in [1.165, 1.54) is 0 Å². The van der Waals surface area contributed by atoms with Crippen LogP contribution in [0.1, 0.15) is 38.3 Å². The Balaban J connectivity index is 1.90. The van der Waals surface area contributed by atoms with Crippen LogP contribution in [0, 0.1) is 0 Å². The summed E-state index contributed by atoms with van der Waals surface area (Å²) in [6, 6.07) is 6.05. The molecule has 1 aliphatic rings. The highest BCUT2D eigenvalue weighted by Gasteiger charge is 2.32. The minimum absolute atomic E-state index is 0.478. The van der Waals surface area contributed by atoms with Gasteiger partial charge in [-0.1, -0.05) is 18.9 Å². The maximum absolute atomic E-state index is 10.4. The average Bonchev–Trinajstić information content (AvgIpc) is 2.76. The molecule has 1 aliphatic carbocycles. The summed E-state index contributed by atoms with van der Waals surface area (Å²) >= 11 is 0. The van der Waals surface area contributed by atoms with Crippen molar-refractivity contribution < 1.29 is 5.11 Å². The van der Waals surface area contributed by atoms with Crippen LogP contribution in [0.3, 0.4) is 0 Å². The lowest BCUT2D eigenvalue weighted by atomic mass is 10.0. The molecule has 4 heteroatoms. The number of rotatable bonds is 6. The van der Waals surface area contributed by atoms with Crippen LogP contribution in [0.5, 0.6) is 0 Å². The molecule has 1 aromatic rings. The molecular formula is C15H25N3O. The second-order valence-electron chi connectivity index (χ2n) is 5.65. The van der Waals surface area contributed by atoms with E-state index >= 15 is 0 Å². The van der Waals surface area contributed by atoms with Gasteiger partial charge in [0, 0.05) is 19.6 Å². The molecule has 0 saturated heterocycles. The Morgan fingerprint density at radius 2 is 2.11 bits per heavy atom. The summed E-state index contributed by atoms with van der Waals surface area (Å²) in [5, 5.41) is 13.6. The number of nitrogens with one attached hydrogen (secondary N) is 1. The van der Waals surface area contributed by atoms with Gasteiger partial charge in [-0.25, -0.2) is 4.98 Å². The van der Waals surface area contributed by atoms with E-state index in [2.05, 4.69) is 29.2 Å².